The summed E-state index contributed by atoms with van der Waals surface area (Å²) in [5.74, 6) is 0.234. The molecule has 1 amide bonds. The van der Waals surface area contributed by atoms with E-state index >= 15 is 0 Å². The summed E-state index contributed by atoms with van der Waals surface area (Å²) in [6, 6.07) is 16.5. The SMILES string of the molecule is O=C(C[n+]1ccccc1Cc1ccccc1)N1CCCC1. The molecule has 1 fully saturated rings. The van der Waals surface area contributed by atoms with Gasteiger partial charge < -0.3 is 4.90 Å². The molecule has 1 aliphatic rings. The zero-order valence-electron chi connectivity index (χ0n) is 12.2. The van der Waals surface area contributed by atoms with Crippen molar-refractivity contribution in [2.24, 2.45) is 0 Å². The van der Waals surface area contributed by atoms with Crippen LogP contribution in [0.1, 0.15) is 24.1 Å². The number of amides is 1. The molecule has 1 aromatic carbocycles. The Kier molecular flexibility index (Phi) is 4.29. The minimum Gasteiger partial charge on any atom is -0.337 e. The van der Waals surface area contributed by atoms with E-state index in [4.69, 9.17) is 0 Å². The summed E-state index contributed by atoms with van der Waals surface area (Å²) in [6.45, 7) is 2.28. The molecule has 0 bridgehead atoms. The van der Waals surface area contributed by atoms with E-state index < -0.39 is 0 Å². The minimum atomic E-state index is 0.234. The molecule has 0 aliphatic carbocycles. The normalized spacial score (nSPS) is 14.4. The lowest BCUT2D eigenvalue weighted by molar-refractivity contribution is -0.692. The lowest BCUT2D eigenvalue weighted by Gasteiger charge is -2.13. The summed E-state index contributed by atoms with van der Waals surface area (Å²) in [5.41, 5.74) is 2.45. The van der Waals surface area contributed by atoms with Gasteiger partial charge in [0.2, 0.25) is 6.54 Å². The predicted molar refractivity (Wildman–Crippen MR) is 81.7 cm³/mol. The number of likely N-dealkylation sites (tertiary alicyclic amines) is 1. The van der Waals surface area contributed by atoms with Crippen LogP contribution in [0.25, 0.3) is 0 Å². The van der Waals surface area contributed by atoms with Crippen molar-refractivity contribution in [2.45, 2.75) is 25.8 Å². The van der Waals surface area contributed by atoms with E-state index in [1.807, 2.05) is 29.3 Å². The fraction of sp³-hybridized carbons (Fsp3) is 0.333. The monoisotopic (exact) mass is 281 g/mol. The van der Waals surface area contributed by atoms with Gasteiger partial charge in [-0.15, -0.1) is 0 Å². The smallest absolute Gasteiger partial charge is 0.288 e. The van der Waals surface area contributed by atoms with Crippen molar-refractivity contribution in [3.8, 4) is 0 Å². The number of rotatable bonds is 4. The summed E-state index contributed by atoms with van der Waals surface area (Å²) in [4.78, 5) is 14.3. The average molecular weight is 281 g/mol. The second-order valence-electron chi connectivity index (χ2n) is 5.57. The summed E-state index contributed by atoms with van der Waals surface area (Å²) in [7, 11) is 0. The zero-order valence-corrected chi connectivity index (χ0v) is 12.2. The number of hydrogen-bond donors (Lipinski definition) is 0. The maximum Gasteiger partial charge on any atom is 0.288 e. The first kappa shape index (κ1) is 13.8. The second kappa shape index (κ2) is 6.53. The van der Waals surface area contributed by atoms with Crippen LogP contribution in [0.4, 0.5) is 0 Å². The first-order chi connectivity index (χ1) is 10.3. The first-order valence-electron chi connectivity index (χ1n) is 7.62. The first-order valence-corrected chi connectivity index (χ1v) is 7.62. The summed E-state index contributed by atoms with van der Waals surface area (Å²) < 4.78 is 2.08. The van der Waals surface area contributed by atoms with E-state index in [9.17, 15) is 4.79 Å². The lowest BCUT2D eigenvalue weighted by atomic mass is 10.1. The Morgan fingerprint density at radius 3 is 2.48 bits per heavy atom. The van der Waals surface area contributed by atoms with Crippen LogP contribution in [0, 0.1) is 0 Å². The molecule has 0 N–H and O–H groups in total. The van der Waals surface area contributed by atoms with E-state index in [1.165, 1.54) is 11.3 Å². The van der Waals surface area contributed by atoms with Gasteiger partial charge in [-0.05, 0) is 18.4 Å². The highest BCUT2D eigenvalue weighted by Crippen LogP contribution is 2.08. The van der Waals surface area contributed by atoms with Gasteiger partial charge in [0, 0.05) is 25.2 Å². The zero-order chi connectivity index (χ0) is 14.5. The van der Waals surface area contributed by atoms with Crippen LogP contribution in [-0.4, -0.2) is 23.9 Å². The molecule has 3 rings (SSSR count). The predicted octanol–water partition coefficient (Wildman–Crippen LogP) is 2.19. The maximum absolute atomic E-state index is 12.3. The Balaban J connectivity index is 1.74. The summed E-state index contributed by atoms with van der Waals surface area (Å²) in [6.07, 6.45) is 5.14. The molecule has 2 heterocycles. The van der Waals surface area contributed by atoms with Gasteiger partial charge >= 0.3 is 0 Å². The fourth-order valence-electron chi connectivity index (χ4n) is 2.84. The van der Waals surface area contributed by atoms with Gasteiger partial charge in [-0.3, -0.25) is 4.79 Å². The van der Waals surface area contributed by atoms with Crippen LogP contribution in [0.5, 0.6) is 0 Å². The van der Waals surface area contributed by atoms with Crippen molar-refractivity contribution in [3.05, 3.63) is 66.0 Å². The molecule has 108 valence electrons. The van der Waals surface area contributed by atoms with E-state index in [0.717, 1.165) is 32.4 Å². The van der Waals surface area contributed by atoms with Crippen molar-refractivity contribution in [1.29, 1.82) is 0 Å². The molecular weight excluding hydrogens is 260 g/mol. The molecule has 1 aromatic heterocycles. The summed E-state index contributed by atoms with van der Waals surface area (Å²) >= 11 is 0. The molecule has 0 saturated carbocycles. The number of carbonyl (C=O) groups excluding carboxylic acids is 1. The third-order valence-electron chi connectivity index (χ3n) is 4.03. The highest BCUT2D eigenvalue weighted by molar-refractivity contribution is 5.74. The highest BCUT2D eigenvalue weighted by Gasteiger charge is 2.22. The van der Waals surface area contributed by atoms with Crippen LogP contribution >= 0.6 is 0 Å². The highest BCUT2D eigenvalue weighted by atomic mass is 16.2. The van der Waals surface area contributed by atoms with Crippen molar-refractivity contribution < 1.29 is 9.36 Å². The van der Waals surface area contributed by atoms with Crippen molar-refractivity contribution in [1.82, 2.24) is 4.90 Å². The van der Waals surface area contributed by atoms with E-state index in [2.05, 4.69) is 34.9 Å². The Hall–Kier alpha value is -2.16. The molecule has 0 radical (unpaired) electrons. The minimum absolute atomic E-state index is 0.234. The van der Waals surface area contributed by atoms with Gasteiger partial charge in [0.1, 0.15) is 0 Å². The van der Waals surface area contributed by atoms with Gasteiger partial charge in [-0.1, -0.05) is 36.4 Å². The third kappa shape index (κ3) is 3.48. The quantitative estimate of drug-likeness (QED) is 0.788. The molecule has 3 heteroatoms. The Morgan fingerprint density at radius 2 is 1.71 bits per heavy atom. The van der Waals surface area contributed by atoms with Crippen molar-refractivity contribution in [3.63, 3.8) is 0 Å². The molecule has 1 saturated heterocycles. The fourth-order valence-corrected chi connectivity index (χ4v) is 2.84. The number of carbonyl (C=O) groups is 1. The molecule has 0 spiro atoms. The number of nitrogens with zero attached hydrogens (tertiary/aromatic N) is 2. The number of pyridine rings is 1. The molecule has 21 heavy (non-hydrogen) atoms. The number of benzene rings is 1. The van der Waals surface area contributed by atoms with Gasteiger partial charge in [-0.2, -0.15) is 4.57 Å². The van der Waals surface area contributed by atoms with Crippen LogP contribution in [0.3, 0.4) is 0 Å². The number of hydrogen-bond acceptors (Lipinski definition) is 1. The second-order valence-corrected chi connectivity index (χ2v) is 5.57. The van der Waals surface area contributed by atoms with Crippen LogP contribution in [0.15, 0.2) is 54.7 Å². The molecule has 0 atom stereocenters. The van der Waals surface area contributed by atoms with Gasteiger partial charge in [-0.25, -0.2) is 0 Å². The van der Waals surface area contributed by atoms with E-state index in [0.29, 0.717) is 6.54 Å². The van der Waals surface area contributed by atoms with Crippen molar-refractivity contribution in [2.75, 3.05) is 13.1 Å². The molecule has 3 nitrogen and oxygen atoms in total. The molecule has 0 unspecified atom stereocenters. The summed E-state index contributed by atoms with van der Waals surface area (Å²) in [5, 5.41) is 0. The number of aromatic nitrogens is 1. The van der Waals surface area contributed by atoms with E-state index in [-0.39, 0.29) is 5.91 Å². The Bertz CT molecular complexity index is 604. The van der Waals surface area contributed by atoms with Crippen LogP contribution < -0.4 is 4.57 Å². The van der Waals surface area contributed by atoms with E-state index in [1.54, 1.807) is 0 Å². The van der Waals surface area contributed by atoms with Crippen LogP contribution in [-0.2, 0) is 17.8 Å². The van der Waals surface area contributed by atoms with Crippen molar-refractivity contribution >= 4 is 5.91 Å². The largest absolute Gasteiger partial charge is 0.337 e. The molecule has 1 aliphatic heterocycles. The lowest BCUT2D eigenvalue weighted by Crippen LogP contribution is -2.46. The average Bonchev–Trinajstić information content (AvgIpc) is 3.05. The van der Waals surface area contributed by atoms with Gasteiger partial charge in [0.15, 0.2) is 11.9 Å². The molecule has 2 aromatic rings. The maximum atomic E-state index is 12.3. The molecular formula is C18H21N2O+. The standard InChI is InChI=1S/C18H21N2O/c21-18(19-11-6-7-12-19)15-20-13-5-4-10-17(20)14-16-8-2-1-3-9-16/h1-5,8-10,13H,6-7,11-12,14-15H2/q+1. The van der Waals surface area contributed by atoms with Gasteiger partial charge in [0.25, 0.3) is 5.91 Å². The topological polar surface area (TPSA) is 24.2 Å². The Labute approximate surface area is 125 Å². The van der Waals surface area contributed by atoms with Gasteiger partial charge in [0.05, 0.1) is 6.42 Å². The Morgan fingerprint density at radius 1 is 1.00 bits per heavy atom. The third-order valence-corrected chi connectivity index (χ3v) is 4.03. The van der Waals surface area contributed by atoms with Crippen LogP contribution in [0.2, 0.25) is 0 Å².